The zero-order valence-electron chi connectivity index (χ0n) is 11.6. The summed E-state index contributed by atoms with van der Waals surface area (Å²) < 4.78 is 5.66. The van der Waals surface area contributed by atoms with Crippen LogP contribution in [0.1, 0.15) is 44.9 Å². The molecular weight excluding hydrogens is 260 g/mol. The lowest BCUT2D eigenvalue weighted by Crippen LogP contribution is -2.41. The number of amides is 1. The van der Waals surface area contributed by atoms with Crippen LogP contribution >= 0.6 is 11.8 Å². The number of nitrogens with two attached hydrogens (primary N) is 1. The molecule has 1 aliphatic carbocycles. The van der Waals surface area contributed by atoms with Gasteiger partial charge in [-0.2, -0.15) is 0 Å². The molecule has 0 bridgehead atoms. The summed E-state index contributed by atoms with van der Waals surface area (Å²) in [7, 11) is 0. The molecule has 4 nitrogen and oxygen atoms in total. The minimum Gasteiger partial charge on any atom is -0.377 e. The number of hydrogen-bond donors (Lipinski definition) is 2. The van der Waals surface area contributed by atoms with Crippen LogP contribution in [0.3, 0.4) is 0 Å². The first-order valence-corrected chi connectivity index (χ1v) is 8.64. The first-order chi connectivity index (χ1) is 9.24. The SMILES string of the molecule is NC1CCC(NC(=O)CSCC2CCCCO2)CC1. The lowest BCUT2D eigenvalue weighted by Gasteiger charge is -2.27. The first kappa shape index (κ1) is 15.1. The molecule has 1 atom stereocenters. The van der Waals surface area contributed by atoms with Crippen molar-refractivity contribution in [2.75, 3.05) is 18.1 Å². The highest BCUT2D eigenvalue weighted by Gasteiger charge is 2.20. The van der Waals surface area contributed by atoms with Crippen molar-refractivity contribution >= 4 is 17.7 Å². The predicted octanol–water partition coefficient (Wildman–Crippen LogP) is 1.67. The Hall–Kier alpha value is -0.260. The third-order valence-electron chi connectivity index (χ3n) is 3.95. The highest BCUT2D eigenvalue weighted by atomic mass is 32.2. The van der Waals surface area contributed by atoms with Gasteiger partial charge in [-0.25, -0.2) is 0 Å². The zero-order valence-corrected chi connectivity index (χ0v) is 12.4. The van der Waals surface area contributed by atoms with Crippen molar-refractivity contribution in [1.82, 2.24) is 5.32 Å². The molecular formula is C14H26N2O2S. The summed E-state index contributed by atoms with van der Waals surface area (Å²) in [5.41, 5.74) is 5.86. The number of ether oxygens (including phenoxy) is 1. The summed E-state index contributed by atoms with van der Waals surface area (Å²) in [6, 6.07) is 0.685. The van der Waals surface area contributed by atoms with Crippen molar-refractivity contribution in [2.24, 2.45) is 5.73 Å². The van der Waals surface area contributed by atoms with E-state index in [1.807, 2.05) is 0 Å². The van der Waals surface area contributed by atoms with Crippen molar-refractivity contribution in [2.45, 2.75) is 63.1 Å². The van der Waals surface area contributed by atoms with Crippen LogP contribution in [0.25, 0.3) is 0 Å². The molecule has 0 aromatic heterocycles. The Kier molecular flexibility index (Phi) is 6.47. The fourth-order valence-electron chi connectivity index (χ4n) is 2.75. The van der Waals surface area contributed by atoms with Crippen LogP contribution in [0.4, 0.5) is 0 Å². The van der Waals surface area contributed by atoms with Crippen molar-refractivity contribution in [3.8, 4) is 0 Å². The molecule has 3 N–H and O–H groups in total. The number of carbonyl (C=O) groups excluding carboxylic acids is 1. The molecule has 1 aliphatic heterocycles. The number of hydrogen-bond acceptors (Lipinski definition) is 4. The minimum atomic E-state index is 0.168. The van der Waals surface area contributed by atoms with Gasteiger partial charge in [-0.3, -0.25) is 4.79 Å². The Morgan fingerprint density at radius 2 is 2.00 bits per heavy atom. The van der Waals surface area contributed by atoms with Gasteiger partial charge in [0.05, 0.1) is 11.9 Å². The highest BCUT2D eigenvalue weighted by Crippen LogP contribution is 2.18. The van der Waals surface area contributed by atoms with Gasteiger partial charge in [-0.05, 0) is 44.9 Å². The summed E-state index contributed by atoms with van der Waals surface area (Å²) in [6.45, 7) is 0.889. The molecule has 2 fully saturated rings. The van der Waals surface area contributed by atoms with Crippen molar-refractivity contribution in [1.29, 1.82) is 0 Å². The maximum atomic E-state index is 11.8. The molecule has 110 valence electrons. The van der Waals surface area contributed by atoms with E-state index in [1.165, 1.54) is 12.8 Å². The lowest BCUT2D eigenvalue weighted by atomic mass is 9.92. The molecule has 0 aromatic rings. The molecule has 0 spiro atoms. The Balaban J connectivity index is 1.54. The van der Waals surface area contributed by atoms with E-state index in [2.05, 4.69) is 5.32 Å². The molecule has 1 amide bonds. The van der Waals surface area contributed by atoms with Crippen molar-refractivity contribution in [3.05, 3.63) is 0 Å². The Bertz CT molecular complexity index is 275. The number of nitrogens with one attached hydrogen (secondary N) is 1. The summed E-state index contributed by atoms with van der Waals surface area (Å²) in [6.07, 6.45) is 8.09. The van der Waals surface area contributed by atoms with Crippen LogP contribution in [0.2, 0.25) is 0 Å². The van der Waals surface area contributed by atoms with Gasteiger partial charge in [0.15, 0.2) is 0 Å². The summed E-state index contributed by atoms with van der Waals surface area (Å²) >= 11 is 1.70. The molecule has 19 heavy (non-hydrogen) atoms. The standard InChI is InChI=1S/C14H26N2O2S/c15-11-4-6-12(7-5-11)16-14(17)10-19-9-13-3-1-2-8-18-13/h11-13H,1-10,15H2,(H,16,17). The maximum Gasteiger partial charge on any atom is 0.230 e. The fraction of sp³-hybridized carbons (Fsp3) is 0.929. The van der Waals surface area contributed by atoms with Gasteiger partial charge in [0, 0.05) is 24.4 Å². The van der Waals surface area contributed by atoms with Gasteiger partial charge in [-0.1, -0.05) is 0 Å². The molecule has 0 radical (unpaired) electrons. The lowest BCUT2D eigenvalue weighted by molar-refractivity contribution is -0.119. The Morgan fingerprint density at radius 1 is 1.21 bits per heavy atom. The van der Waals surface area contributed by atoms with Crippen LogP contribution in [0.5, 0.6) is 0 Å². The molecule has 1 saturated carbocycles. The van der Waals surface area contributed by atoms with Crippen LogP contribution in [0, 0.1) is 0 Å². The molecule has 2 aliphatic rings. The second-order valence-corrected chi connectivity index (χ2v) is 6.71. The second kappa shape index (κ2) is 8.12. The number of carbonyl (C=O) groups is 1. The molecule has 2 rings (SSSR count). The third-order valence-corrected chi connectivity index (χ3v) is 5.02. The van der Waals surface area contributed by atoms with Crippen LogP contribution < -0.4 is 11.1 Å². The van der Waals surface area contributed by atoms with Gasteiger partial charge in [0.1, 0.15) is 0 Å². The van der Waals surface area contributed by atoms with Crippen molar-refractivity contribution < 1.29 is 9.53 Å². The number of rotatable bonds is 5. The third kappa shape index (κ3) is 5.71. The van der Waals surface area contributed by atoms with E-state index in [0.717, 1.165) is 44.5 Å². The molecule has 0 aromatic carbocycles. The van der Waals surface area contributed by atoms with E-state index in [4.69, 9.17) is 10.5 Å². The molecule has 5 heteroatoms. The van der Waals surface area contributed by atoms with Gasteiger partial charge < -0.3 is 15.8 Å². The van der Waals surface area contributed by atoms with Crippen LogP contribution in [-0.4, -0.2) is 42.2 Å². The average Bonchev–Trinajstić information content (AvgIpc) is 2.43. The van der Waals surface area contributed by atoms with Crippen LogP contribution in [0.15, 0.2) is 0 Å². The minimum absolute atomic E-state index is 0.168. The Labute approximate surface area is 120 Å². The normalized spacial score (nSPS) is 31.9. The number of thioether (sulfide) groups is 1. The Morgan fingerprint density at radius 3 is 2.68 bits per heavy atom. The summed E-state index contributed by atoms with van der Waals surface area (Å²) in [4.78, 5) is 11.8. The highest BCUT2D eigenvalue weighted by molar-refractivity contribution is 7.99. The van der Waals surface area contributed by atoms with Gasteiger partial charge in [-0.15, -0.1) is 11.8 Å². The summed E-state index contributed by atoms with van der Waals surface area (Å²) in [5.74, 6) is 1.67. The quantitative estimate of drug-likeness (QED) is 0.807. The van der Waals surface area contributed by atoms with E-state index < -0.39 is 0 Å². The summed E-state index contributed by atoms with van der Waals surface area (Å²) in [5, 5.41) is 3.12. The smallest absolute Gasteiger partial charge is 0.230 e. The average molecular weight is 286 g/mol. The van der Waals surface area contributed by atoms with Gasteiger partial charge in [0.2, 0.25) is 5.91 Å². The van der Waals surface area contributed by atoms with Gasteiger partial charge in [0.25, 0.3) is 0 Å². The largest absolute Gasteiger partial charge is 0.377 e. The molecule has 1 saturated heterocycles. The zero-order chi connectivity index (χ0) is 13.5. The topological polar surface area (TPSA) is 64.3 Å². The van der Waals surface area contributed by atoms with E-state index in [9.17, 15) is 4.79 Å². The second-order valence-electron chi connectivity index (χ2n) is 5.68. The van der Waals surface area contributed by atoms with E-state index in [1.54, 1.807) is 11.8 Å². The predicted molar refractivity (Wildman–Crippen MR) is 79.3 cm³/mol. The fourth-order valence-corrected chi connectivity index (χ4v) is 3.67. The molecule has 1 heterocycles. The van der Waals surface area contributed by atoms with Gasteiger partial charge >= 0.3 is 0 Å². The maximum absolute atomic E-state index is 11.8. The monoisotopic (exact) mass is 286 g/mol. The van der Waals surface area contributed by atoms with E-state index >= 15 is 0 Å². The van der Waals surface area contributed by atoms with E-state index in [0.29, 0.717) is 23.9 Å². The van der Waals surface area contributed by atoms with E-state index in [-0.39, 0.29) is 5.91 Å². The molecule has 1 unspecified atom stereocenters. The first-order valence-electron chi connectivity index (χ1n) is 7.48. The van der Waals surface area contributed by atoms with Crippen LogP contribution in [-0.2, 0) is 9.53 Å². The van der Waals surface area contributed by atoms with Crippen molar-refractivity contribution in [3.63, 3.8) is 0 Å².